The standard InChI is InChI=1S/C17H21NO/c1-16(2)14-8-9-17(3,15(14)11-19-16)13-6-4-12(10-18)5-7-13/h4-7,14-15H,8-9,11H2,1-3H3/t14-,15-,17+/m1/s1. The number of nitriles is 1. The van der Waals surface area contributed by atoms with Crippen LogP contribution in [0.15, 0.2) is 24.3 Å². The zero-order valence-corrected chi connectivity index (χ0v) is 11.9. The Morgan fingerprint density at radius 2 is 1.84 bits per heavy atom. The average Bonchev–Trinajstić information content (AvgIpc) is 2.90. The van der Waals surface area contributed by atoms with Gasteiger partial charge in [0.1, 0.15) is 0 Å². The van der Waals surface area contributed by atoms with Gasteiger partial charge in [-0.05, 0) is 61.6 Å². The first-order chi connectivity index (χ1) is 8.97. The molecule has 0 spiro atoms. The van der Waals surface area contributed by atoms with E-state index in [1.165, 1.54) is 18.4 Å². The molecule has 1 aliphatic heterocycles. The fraction of sp³-hybridized carbons (Fsp3) is 0.588. The molecule has 0 amide bonds. The van der Waals surface area contributed by atoms with Crippen LogP contribution < -0.4 is 0 Å². The van der Waals surface area contributed by atoms with Crippen LogP contribution in [0.3, 0.4) is 0 Å². The summed E-state index contributed by atoms with van der Waals surface area (Å²) in [6.45, 7) is 7.68. The van der Waals surface area contributed by atoms with Crippen molar-refractivity contribution in [2.75, 3.05) is 6.61 Å². The second-order valence-corrected chi connectivity index (χ2v) is 6.77. The summed E-state index contributed by atoms with van der Waals surface area (Å²) in [6.07, 6.45) is 2.47. The second-order valence-electron chi connectivity index (χ2n) is 6.77. The van der Waals surface area contributed by atoms with Gasteiger partial charge in [-0.15, -0.1) is 0 Å². The Morgan fingerprint density at radius 3 is 2.47 bits per heavy atom. The smallest absolute Gasteiger partial charge is 0.0991 e. The van der Waals surface area contributed by atoms with Gasteiger partial charge >= 0.3 is 0 Å². The van der Waals surface area contributed by atoms with Gasteiger partial charge < -0.3 is 4.74 Å². The lowest BCUT2D eigenvalue weighted by atomic mass is 9.71. The van der Waals surface area contributed by atoms with Crippen LogP contribution in [0.5, 0.6) is 0 Å². The van der Waals surface area contributed by atoms with Gasteiger partial charge in [0, 0.05) is 0 Å². The third-order valence-electron chi connectivity index (χ3n) is 5.48. The van der Waals surface area contributed by atoms with E-state index in [-0.39, 0.29) is 11.0 Å². The number of benzene rings is 1. The minimum atomic E-state index is 0.0228. The molecular formula is C17H21NO. The molecule has 2 fully saturated rings. The van der Waals surface area contributed by atoms with Gasteiger partial charge in [0.05, 0.1) is 23.8 Å². The van der Waals surface area contributed by atoms with E-state index >= 15 is 0 Å². The summed E-state index contributed by atoms with van der Waals surface area (Å²) < 4.78 is 6.02. The Morgan fingerprint density at radius 1 is 1.16 bits per heavy atom. The van der Waals surface area contributed by atoms with Crippen molar-refractivity contribution in [1.82, 2.24) is 0 Å². The molecule has 1 aromatic carbocycles. The normalized spacial score (nSPS) is 35.9. The zero-order chi connectivity index (χ0) is 13.7. The molecular weight excluding hydrogens is 234 g/mol. The lowest BCUT2D eigenvalue weighted by molar-refractivity contribution is 0.00724. The van der Waals surface area contributed by atoms with Crippen LogP contribution >= 0.6 is 0 Å². The number of ether oxygens (including phenoxy) is 1. The molecule has 0 unspecified atom stereocenters. The lowest BCUT2D eigenvalue weighted by Gasteiger charge is -2.31. The molecule has 0 N–H and O–H groups in total. The molecule has 2 nitrogen and oxygen atoms in total. The summed E-state index contributed by atoms with van der Waals surface area (Å²) in [4.78, 5) is 0. The monoisotopic (exact) mass is 255 g/mol. The van der Waals surface area contributed by atoms with Crippen molar-refractivity contribution < 1.29 is 4.74 Å². The van der Waals surface area contributed by atoms with Gasteiger partial charge in [0.25, 0.3) is 0 Å². The molecule has 2 aliphatic rings. The fourth-order valence-corrected chi connectivity index (χ4v) is 4.11. The lowest BCUT2D eigenvalue weighted by Crippen LogP contribution is -2.32. The first-order valence-corrected chi connectivity index (χ1v) is 7.12. The number of fused-ring (bicyclic) bond motifs is 1. The summed E-state index contributed by atoms with van der Waals surface area (Å²) in [7, 11) is 0. The van der Waals surface area contributed by atoms with Crippen LogP contribution in [0, 0.1) is 23.2 Å². The SMILES string of the molecule is CC1(C)OC[C@@H]2[C@H]1CC[C@@]2(C)c1ccc(C#N)cc1. The summed E-state index contributed by atoms with van der Waals surface area (Å²) in [6, 6.07) is 10.3. The molecule has 1 saturated carbocycles. The maximum atomic E-state index is 8.91. The topological polar surface area (TPSA) is 33.0 Å². The molecule has 1 aromatic rings. The van der Waals surface area contributed by atoms with Gasteiger partial charge in [-0.1, -0.05) is 19.1 Å². The van der Waals surface area contributed by atoms with Crippen LogP contribution in [-0.4, -0.2) is 12.2 Å². The molecule has 100 valence electrons. The van der Waals surface area contributed by atoms with Gasteiger partial charge in [-0.25, -0.2) is 0 Å². The van der Waals surface area contributed by atoms with E-state index in [1.807, 2.05) is 12.1 Å². The minimum Gasteiger partial charge on any atom is -0.375 e. The summed E-state index contributed by atoms with van der Waals surface area (Å²) >= 11 is 0. The highest BCUT2D eigenvalue weighted by molar-refractivity contribution is 5.36. The average molecular weight is 255 g/mol. The third-order valence-corrected chi connectivity index (χ3v) is 5.48. The van der Waals surface area contributed by atoms with Crippen molar-refractivity contribution in [1.29, 1.82) is 5.26 Å². The molecule has 3 rings (SSSR count). The number of nitrogens with zero attached hydrogens (tertiary/aromatic N) is 1. The first-order valence-electron chi connectivity index (χ1n) is 7.12. The highest BCUT2D eigenvalue weighted by atomic mass is 16.5. The molecule has 0 radical (unpaired) electrons. The second kappa shape index (κ2) is 4.08. The van der Waals surface area contributed by atoms with Crippen molar-refractivity contribution in [3.05, 3.63) is 35.4 Å². The van der Waals surface area contributed by atoms with Crippen molar-refractivity contribution >= 4 is 0 Å². The molecule has 19 heavy (non-hydrogen) atoms. The predicted molar refractivity (Wildman–Crippen MR) is 74.8 cm³/mol. The molecule has 0 aromatic heterocycles. The van der Waals surface area contributed by atoms with E-state index in [1.54, 1.807) is 0 Å². The van der Waals surface area contributed by atoms with Gasteiger partial charge in [0.2, 0.25) is 0 Å². The van der Waals surface area contributed by atoms with Crippen molar-refractivity contribution in [3.63, 3.8) is 0 Å². The zero-order valence-electron chi connectivity index (χ0n) is 11.9. The molecule has 3 atom stereocenters. The van der Waals surface area contributed by atoms with Gasteiger partial charge in [0.15, 0.2) is 0 Å². The predicted octanol–water partition coefficient (Wildman–Crippen LogP) is 3.65. The number of hydrogen-bond acceptors (Lipinski definition) is 2. The van der Waals surface area contributed by atoms with E-state index < -0.39 is 0 Å². The Bertz CT molecular complexity index is 525. The Kier molecular flexibility index (Phi) is 2.73. The van der Waals surface area contributed by atoms with Gasteiger partial charge in [-0.3, -0.25) is 0 Å². The van der Waals surface area contributed by atoms with Crippen LogP contribution in [0.2, 0.25) is 0 Å². The van der Waals surface area contributed by atoms with E-state index in [9.17, 15) is 0 Å². The highest BCUT2D eigenvalue weighted by Gasteiger charge is 2.55. The summed E-state index contributed by atoms with van der Waals surface area (Å²) in [5.74, 6) is 1.27. The van der Waals surface area contributed by atoms with Crippen LogP contribution in [0.4, 0.5) is 0 Å². The van der Waals surface area contributed by atoms with Crippen LogP contribution in [0.1, 0.15) is 44.7 Å². The highest BCUT2D eigenvalue weighted by Crippen LogP contribution is 2.56. The molecule has 1 saturated heterocycles. The maximum absolute atomic E-state index is 8.91. The maximum Gasteiger partial charge on any atom is 0.0991 e. The van der Waals surface area contributed by atoms with E-state index in [0.29, 0.717) is 11.8 Å². The van der Waals surface area contributed by atoms with Crippen LogP contribution in [0.25, 0.3) is 0 Å². The molecule has 0 bridgehead atoms. The quantitative estimate of drug-likeness (QED) is 0.767. The number of rotatable bonds is 1. The Balaban J connectivity index is 1.94. The van der Waals surface area contributed by atoms with Gasteiger partial charge in [-0.2, -0.15) is 5.26 Å². The molecule has 2 heteroatoms. The molecule has 1 aliphatic carbocycles. The first kappa shape index (κ1) is 12.7. The van der Waals surface area contributed by atoms with Crippen molar-refractivity contribution in [2.45, 2.75) is 44.6 Å². The fourth-order valence-electron chi connectivity index (χ4n) is 4.11. The number of hydrogen-bond donors (Lipinski definition) is 0. The minimum absolute atomic E-state index is 0.0228. The van der Waals surface area contributed by atoms with E-state index in [0.717, 1.165) is 12.2 Å². The largest absolute Gasteiger partial charge is 0.375 e. The van der Waals surface area contributed by atoms with Crippen molar-refractivity contribution in [2.24, 2.45) is 11.8 Å². The summed E-state index contributed by atoms with van der Waals surface area (Å²) in [5, 5.41) is 8.91. The van der Waals surface area contributed by atoms with Crippen LogP contribution in [-0.2, 0) is 10.2 Å². The summed E-state index contributed by atoms with van der Waals surface area (Å²) in [5.41, 5.74) is 2.33. The third kappa shape index (κ3) is 1.80. The Hall–Kier alpha value is -1.33. The molecule has 1 heterocycles. The van der Waals surface area contributed by atoms with E-state index in [2.05, 4.69) is 39.0 Å². The Labute approximate surface area is 115 Å². The van der Waals surface area contributed by atoms with E-state index in [4.69, 9.17) is 10.00 Å². The van der Waals surface area contributed by atoms with Crippen molar-refractivity contribution in [3.8, 4) is 6.07 Å².